The average molecular weight is 344 g/mol. The van der Waals surface area contributed by atoms with Crippen molar-refractivity contribution >= 4 is 12.0 Å². The number of nitrogens with zero attached hydrogens (tertiary/aromatic N) is 5. The fourth-order valence-corrected chi connectivity index (χ4v) is 2.77. The molecule has 1 aliphatic heterocycles. The smallest absolute Gasteiger partial charge is 0.407 e. The number of alkyl carbamates (subject to hydrolysis) is 1. The summed E-state index contributed by atoms with van der Waals surface area (Å²) in [6.07, 6.45) is 0.428. The Bertz CT molecular complexity index is 734. The van der Waals surface area contributed by atoms with Crippen molar-refractivity contribution < 1.29 is 9.53 Å². The molecule has 25 heavy (non-hydrogen) atoms. The first-order valence-corrected chi connectivity index (χ1v) is 8.42. The number of nitrogens with one attached hydrogen (secondary N) is 1. The van der Waals surface area contributed by atoms with Crippen molar-refractivity contribution in [3.05, 3.63) is 29.8 Å². The molecule has 0 radical (unpaired) electrons. The highest BCUT2D eigenvalue weighted by atomic mass is 16.6. The molecule has 8 heteroatoms. The second-order valence-corrected chi connectivity index (χ2v) is 7.30. The molecule has 1 unspecified atom stereocenters. The van der Waals surface area contributed by atoms with Crippen molar-refractivity contribution in [1.29, 1.82) is 0 Å². The quantitative estimate of drug-likeness (QED) is 0.917. The van der Waals surface area contributed by atoms with Crippen LogP contribution in [0.1, 0.15) is 32.8 Å². The Balaban J connectivity index is 1.66. The van der Waals surface area contributed by atoms with E-state index in [9.17, 15) is 4.79 Å². The number of carbonyl (C=O) groups is 1. The molecule has 8 nitrogen and oxygen atoms in total. The largest absolute Gasteiger partial charge is 0.444 e. The van der Waals surface area contributed by atoms with Crippen molar-refractivity contribution in [2.75, 3.05) is 18.0 Å². The van der Waals surface area contributed by atoms with Crippen LogP contribution in [0.3, 0.4) is 0 Å². The summed E-state index contributed by atoms with van der Waals surface area (Å²) < 4.78 is 7.03. The van der Waals surface area contributed by atoms with Crippen LogP contribution in [0.15, 0.2) is 24.3 Å². The predicted molar refractivity (Wildman–Crippen MR) is 93.9 cm³/mol. The predicted octanol–water partition coefficient (Wildman–Crippen LogP) is 2.07. The number of tetrazole rings is 1. The Morgan fingerprint density at radius 1 is 1.28 bits per heavy atom. The minimum absolute atomic E-state index is 0.0121. The van der Waals surface area contributed by atoms with Gasteiger partial charge in [0.25, 0.3) is 0 Å². The first-order chi connectivity index (χ1) is 11.8. The Morgan fingerprint density at radius 2 is 2.00 bits per heavy atom. The third-order valence-electron chi connectivity index (χ3n) is 3.92. The van der Waals surface area contributed by atoms with Crippen LogP contribution in [-0.2, 0) is 4.74 Å². The minimum Gasteiger partial charge on any atom is -0.444 e. The zero-order valence-corrected chi connectivity index (χ0v) is 15.1. The fraction of sp³-hybridized carbons (Fsp3) is 0.529. The van der Waals surface area contributed by atoms with Gasteiger partial charge in [-0.15, -0.1) is 0 Å². The molecule has 1 aliphatic rings. The minimum atomic E-state index is -0.502. The summed E-state index contributed by atoms with van der Waals surface area (Å²) in [6, 6.07) is 8.04. The molecule has 1 amide bonds. The van der Waals surface area contributed by atoms with Gasteiger partial charge in [-0.2, -0.15) is 4.68 Å². The van der Waals surface area contributed by atoms with E-state index in [1.165, 1.54) is 5.56 Å². The lowest BCUT2D eigenvalue weighted by Gasteiger charge is -2.22. The van der Waals surface area contributed by atoms with Gasteiger partial charge >= 0.3 is 6.09 Å². The number of rotatable bonds is 3. The van der Waals surface area contributed by atoms with Gasteiger partial charge in [0.1, 0.15) is 5.60 Å². The third-order valence-corrected chi connectivity index (χ3v) is 3.92. The topological polar surface area (TPSA) is 85.2 Å². The lowest BCUT2D eigenvalue weighted by molar-refractivity contribution is 0.0509. The zero-order valence-electron chi connectivity index (χ0n) is 15.1. The molecule has 1 aromatic carbocycles. The standard InChI is InChI=1S/C17H24N6O2/c1-12-5-7-14(8-6-12)23-15(19-20-21-23)22-10-9-13(11-22)18-16(24)25-17(2,3)4/h5-8,13H,9-11H2,1-4H3,(H,18,24). The summed E-state index contributed by atoms with van der Waals surface area (Å²) in [5, 5.41) is 15.0. The van der Waals surface area contributed by atoms with E-state index in [0.717, 1.165) is 18.7 Å². The van der Waals surface area contributed by atoms with Crippen LogP contribution in [0.4, 0.5) is 10.7 Å². The Kier molecular flexibility index (Phi) is 4.61. The van der Waals surface area contributed by atoms with Gasteiger partial charge in [-0.25, -0.2) is 4.79 Å². The number of ether oxygens (including phenoxy) is 1. The molecule has 2 aromatic rings. The second kappa shape index (κ2) is 6.70. The molecule has 1 N–H and O–H groups in total. The summed E-state index contributed by atoms with van der Waals surface area (Å²) in [7, 11) is 0. The molecule has 0 spiro atoms. The molecular formula is C17H24N6O2. The highest BCUT2D eigenvalue weighted by Crippen LogP contribution is 2.21. The number of aryl methyl sites for hydroxylation is 1. The van der Waals surface area contributed by atoms with E-state index in [1.54, 1.807) is 4.68 Å². The normalized spacial score (nSPS) is 17.6. The summed E-state index contributed by atoms with van der Waals surface area (Å²) in [6.45, 7) is 9.01. The Morgan fingerprint density at radius 3 is 2.68 bits per heavy atom. The number of aromatic nitrogens is 4. The molecule has 1 aromatic heterocycles. The van der Waals surface area contributed by atoms with Gasteiger partial charge in [0.15, 0.2) is 0 Å². The number of amides is 1. The van der Waals surface area contributed by atoms with Crippen molar-refractivity contribution in [2.24, 2.45) is 0 Å². The summed E-state index contributed by atoms with van der Waals surface area (Å²) in [5.41, 5.74) is 1.59. The van der Waals surface area contributed by atoms with E-state index >= 15 is 0 Å². The van der Waals surface area contributed by atoms with Crippen LogP contribution < -0.4 is 10.2 Å². The lowest BCUT2D eigenvalue weighted by atomic mass is 10.2. The molecule has 134 valence electrons. The van der Waals surface area contributed by atoms with Gasteiger partial charge in [-0.05, 0) is 56.7 Å². The van der Waals surface area contributed by atoms with Crippen molar-refractivity contribution in [3.8, 4) is 5.69 Å². The van der Waals surface area contributed by atoms with E-state index in [-0.39, 0.29) is 6.04 Å². The van der Waals surface area contributed by atoms with Crippen LogP contribution >= 0.6 is 0 Å². The van der Waals surface area contributed by atoms with Crippen LogP contribution in [-0.4, -0.2) is 51.0 Å². The maximum Gasteiger partial charge on any atom is 0.407 e. The number of anilines is 1. The van der Waals surface area contributed by atoms with E-state index in [2.05, 4.69) is 25.7 Å². The number of benzene rings is 1. The zero-order chi connectivity index (χ0) is 18.0. The Labute approximate surface area is 147 Å². The fourth-order valence-electron chi connectivity index (χ4n) is 2.77. The average Bonchev–Trinajstić information content (AvgIpc) is 3.14. The van der Waals surface area contributed by atoms with Crippen molar-refractivity contribution in [2.45, 2.75) is 45.8 Å². The highest BCUT2D eigenvalue weighted by Gasteiger charge is 2.29. The van der Waals surface area contributed by atoms with Gasteiger partial charge in [0.05, 0.1) is 11.7 Å². The molecule has 3 rings (SSSR count). The van der Waals surface area contributed by atoms with Gasteiger partial charge in [-0.1, -0.05) is 22.8 Å². The maximum absolute atomic E-state index is 11.9. The van der Waals surface area contributed by atoms with E-state index in [0.29, 0.717) is 12.5 Å². The number of hydrogen-bond acceptors (Lipinski definition) is 6. The molecule has 1 atom stereocenters. The van der Waals surface area contributed by atoms with Crippen LogP contribution in [0.25, 0.3) is 5.69 Å². The lowest BCUT2D eigenvalue weighted by Crippen LogP contribution is -2.40. The maximum atomic E-state index is 11.9. The highest BCUT2D eigenvalue weighted by molar-refractivity contribution is 5.68. The van der Waals surface area contributed by atoms with Gasteiger partial charge < -0.3 is 15.0 Å². The summed E-state index contributed by atoms with van der Waals surface area (Å²) in [5.74, 6) is 0.678. The van der Waals surface area contributed by atoms with Gasteiger partial charge in [-0.3, -0.25) is 0 Å². The van der Waals surface area contributed by atoms with Crippen LogP contribution in [0.2, 0.25) is 0 Å². The van der Waals surface area contributed by atoms with Crippen LogP contribution in [0.5, 0.6) is 0 Å². The first-order valence-electron chi connectivity index (χ1n) is 8.42. The van der Waals surface area contributed by atoms with E-state index < -0.39 is 11.7 Å². The molecule has 1 saturated heterocycles. The summed E-state index contributed by atoms with van der Waals surface area (Å²) >= 11 is 0. The first kappa shape index (κ1) is 17.2. The number of carbonyl (C=O) groups excluding carboxylic acids is 1. The van der Waals surface area contributed by atoms with Gasteiger partial charge in [0.2, 0.25) is 5.95 Å². The molecule has 2 heterocycles. The molecule has 0 aliphatic carbocycles. The SMILES string of the molecule is Cc1ccc(-n2nnnc2N2CCC(NC(=O)OC(C)(C)C)C2)cc1. The molecule has 0 saturated carbocycles. The monoisotopic (exact) mass is 344 g/mol. The van der Waals surface area contributed by atoms with Crippen LogP contribution in [0, 0.1) is 6.92 Å². The Hall–Kier alpha value is -2.64. The second-order valence-electron chi connectivity index (χ2n) is 7.30. The van der Waals surface area contributed by atoms with Crippen molar-refractivity contribution in [1.82, 2.24) is 25.5 Å². The van der Waals surface area contributed by atoms with E-state index in [1.807, 2.05) is 52.0 Å². The van der Waals surface area contributed by atoms with Crippen molar-refractivity contribution in [3.63, 3.8) is 0 Å². The molecular weight excluding hydrogens is 320 g/mol. The molecule has 1 fully saturated rings. The third kappa shape index (κ3) is 4.26. The number of hydrogen-bond donors (Lipinski definition) is 1. The summed E-state index contributed by atoms with van der Waals surface area (Å²) in [4.78, 5) is 14.0. The van der Waals surface area contributed by atoms with Gasteiger partial charge in [0, 0.05) is 13.1 Å². The molecule has 0 bridgehead atoms. The van der Waals surface area contributed by atoms with E-state index in [4.69, 9.17) is 4.74 Å².